The maximum absolute atomic E-state index is 15.4. The molecule has 0 radical (unpaired) electrons. The number of benzene rings is 4. The number of Topliss-reactive ketones (excluding diaryl/α,β-unsaturated/α-hetero) is 1. The lowest BCUT2D eigenvalue weighted by Crippen LogP contribution is -2.27. The fourth-order valence-electron chi connectivity index (χ4n) is 4.45. The van der Waals surface area contributed by atoms with Crippen LogP contribution < -0.4 is 10.6 Å². The number of carbonyl (C=O) groups excluding carboxylic acids is 1. The average molecular weight is 482 g/mol. The van der Waals surface area contributed by atoms with Crippen LogP contribution >= 0.6 is 7.14 Å². The van der Waals surface area contributed by atoms with E-state index in [0.29, 0.717) is 34.6 Å². The van der Waals surface area contributed by atoms with Crippen molar-refractivity contribution in [3.05, 3.63) is 138 Å². The molecule has 5 rings (SSSR count). The third-order valence-corrected chi connectivity index (χ3v) is 9.67. The summed E-state index contributed by atoms with van der Waals surface area (Å²) in [7, 11) is -3.69. The van der Waals surface area contributed by atoms with Crippen LogP contribution in [0.25, 0.3) is 5.57 Å². The number of halogens is 1. The van der Waals surface area contributed by atoms with Gasteiger partial charge in [-0.3, -0.25) is 4.79 Å². The lowest BCUT2D eigenvalue weighted by molar-refractivity contribution is 0.105. The van der Waals surface area contributed by atoms with Gasteiger partial charge in [-0.1, -0.05) is 103 Å². The molecule has 1 fully saturated rings. The molecule has 4 aromatic rings. The van der Waals surface area contributed by atoms with Gasteiger partial charge in [-0.05, 0) is 30.5 Å². The second-order valence-electron chi connectivity index (χ2n) is 8.74. The molecule has 1 saturated carbocycles. The molecule has 4 aromatic carbocycles. The summed E-state index contributed by atoms with van der Waals surface area (Å²) < 4.78 is 29.3. The van der Waals surface area contributed by atoms with Crippen LogP contribution in [0.1, 0.15) is 28.8 Å². The summed E-state index contributed by atoms with van der Waals surface area (Å²) in [6.45, 7) is 0. The van der Waals surface area contributed by atoms with Crippen LogP contribution in [0.15, 0.2) is 121 Å². The standard InChI is InChI=1S/C30H24FO3P/c31-24-18-16-22(17-19-24)27(28(32)23-10-4-1-5-11-23)29(30(33)20-21-30)35(34,25-12-6-2-7-13-25)26-14-8-3-9-15-26/h1-19,33H,20-21H2/b29-27+. The van der Waals surface area contributed by atoms with Crippen LogP contribution in [0.2, 0.25) is 0 Å². The maximum atomic E-state index is 15.4. The number of allylic oxidation sites excluding steroid dienone is 1. The van der Waals surface area contributed by atoms with Gasteiger partial charge in [0.2, 0.25) is 0 Å². The molecule has 0 bridgehead atoms. The Bertz CT molecular complexity index is 1380. The van der Waals surface area contributed by atoms with Gasteiger partial charge in [-0.15, -0.1) is 0 Å². The Labute approximate surface area is 204 Å². The Morgan fingerprint density at radius 2 is 1.14 bits per heavy atom. The average Bonchev–Trinajstić information content (AvgIpc) is 3.66. The highest BCUT2D eigenvalue weighted by molar-refractivity contribution is 7.82. The number of rotatable bonds is 7. The third kappa shape index (κ3) is 4.32. The molecule has 5 heteroatoms. The SMILES string of the molecule is O=C(/C(=C(\C1(O)CC1)P(=O)(c1ccccc1)c1ccccc1)c1ccc(F)cc1)c1ccccc1. The molecule has 1 N–H and O–H groups in total. The Hall–Kier alpha value is -3.59. The van der Waals surface area contributed by atoms with E-state index in [2.05, 4.69) is 0 Å². The Morgan fingerprint density at radius 3 is 1.60 bits per heavy atom. The molecular formula is C30H24FO3P. The Morgan fingerprint density at radius 1 is 0.686 bits per heavy atom. The van der Waals surface area contributed by atoms with Gasteiger partial charge in [0.25, 0.3) is 0 Å². The predicted octanol–water partition coefficient (Wildman–Crippen LogP) is 5.96. The first kappa shape index (κ1) is 23.2. The Balaban J connectivity index is 1.91. The van der Waals surface area contributed by atoms with Gasteiger partial charge in [0.05, 0.1) is 5.60 Å². The molecule has 0 aliphatic heterocycles. The molecule has 0 unspecified atom stereocenters. The van der Waals surface area contributed by atoms with Crippen molar-refractivity contribution in [2.24, 2.45) is 0 Å². The lowest BCUT2D eigenvalue weighted by Gasteiger charge is -2.29. The summed E-state index contributed by atoms with van der Waals surface area (Å²) in [6.07, 6.45) is 0.775. The first-order valence-electron chi connectivity index (χ1n) is 11.5. The minimum atomic E-state index is -3.69. The highest BCUT2D eigenvalue weighted by Gasteiger charge is 2.54. The molecule has 1 aliphatic rings. The van der Waals surface area contributed by atoms with Gasteiger partial charge in [-0.2, -0.15) is 0 Å². The minimum absolute atomic E-state index is 0.159. The van der Waals surface area contributed by atoms with Crippen LogP contribution in [0.4, 0.5) is 4.39 Å². The molecular weight excluding hydrogens is 458 g/mol. The van der Waals surface area contributed by atoms with Crippen LogP contribution in [-0.2, 0) is 4.57 Å². The van der Waals surface area contributed by atoms with E-state index in [1.54, 1.807) is 72.8 Å². The van der Waals surface area contributed by atoms with Crippen molar-refractivity contribution in [2.75, 3.05) is 0 Å². The van der Waals surface area contributed by atoms with Crippen LogP contribution in [-0.4, -0.2) is 16.5 Å². The number of hydrogen-bond donors (Lipinski definition) is 1. The summed E-state index contributed by atoms with van der Waals surface area (Å²) >= 11 is 0. The summed E-state index contributed by atoms with van der Waals surface area (Å²) in [6, 6.07) is 32.3. The zero-order chi connectivity index (χ0) is 24.5. The molecule has 35 heavy (non-hydrogen) atoms. The molecule has 0 spiro atoms. The van der Waals surface area contributed by atoms with Gasteiger partial charge < -0.3 is 9.67 Å². The van der Waals surface area contributed by atoms with Gasteiger partial charge in [0.15, 0.2) is 12.9 Å². The van der Waals surface area contributed by atoms with Crippen molar-refractivity contribution in [1.82, 2.24) is 0 Å². The normalized spacial score (nSPS) is 15.3. The summed E-state index contributed by atoms with van der Waals surface area (Å²) in [4.78, 5) is 14.1. The Kier molecular flexibility index (Phi) is 6.10. The number of ketones is 1. The largest absolute Gasteiger partial charge is 0.385 e. The fraction of sp³-hybridized carbons (Fsp3) is 0.100. The van der Waals surface area contributed by atoms with Gasteiger partial charge in [-0.25, -0.2) is 4.39 Å². The van der Waals surface area contributed by atoms with E-state index in [1.807, 2.05) is 18.2 Å². The van der Waals surface area contributed by atoms with Gasteiger partial charge >= 0.3 is 0 Å². The number of carbonyl (C=O) groups is 1. The van der Waals surface area contributed by atoms with E-state index in [4.69, 9.17) is 0 Å². The predicted molar refractivity (Wildman–Crippen MR) is 138 cm³/mol. The van der Waals surface area contributed by atoms with E-state index in [0.717, 1.165) is 0 Å². The molecule has 0 heterocycles. The number of aliphatic hydroxyl groups is 1. The monoisotopic (exact) mass is 482 g/mol. The fourth-order valence-corrected chi connectivity index (χ4v) is 7.80. The lowest BCUT2D eigenvalue weighted by atomic mass is 9.94. The quantitative estimate of drug-likeness (QED) is 0.201. The van der Waals surface area contributed by atoms with Crippen molar-refractivity contribution >= 4 is 29.1 Å². The van der Waals surface area contributed by atoms with Crippen LogP contribution in [0.5, 0.6) is 0 Å². The second-order valence-corrected chi connectivity index (χ2v) is 11.4. The smallest absolute Gasteiger partial charge is 0.194 e. The maximum Gasteiger partial charge on any atom is 0.194 e. The van der Waals surface area contributed by atoms with Crippen molar-refractivity contribution in [2.45, 2.75) is 18.4 Å². The van der Waals surface area contributed by atoms with Crippen molar-refractivity contribution in [1.29, 1.82) is 0 Å². The molecule has 0 saturated heterocycles. The van der Waals surface area contributed by atoms with Crippen LogP contribution in [0.3, 0.4) is 0 Å². The van der Waals surface area contributed by atoms with Gasteiger partial charge in [0, 0.05) is 27.1 Å². The summed E-state index contributed by atoms with van der Waals surface area (Å²) in [5.41, 5.74) is -0.425. The topological polar surface area (TPSA) is 54.4 Å². The van der Waals surface area contributed by atoms with E-state index < -0.39 is 18.6 Å². The molecule has 0 amide bonds. The highest BCUT2D eigenvalue weighted by Crippen LogP contribution is 2.64. The van der Waals surface area contributed by atoms with Crippen LogP contribution in [0, 0.1) is 5.82 Å². The molecule has 0 aromatic heterocycles. The first-order valence-corrected chi connectivity index (χ1v) is 13.2. The molecule has 3 nitrogen and oxygen atoms in total. The number of hydrogen-bond acceptors (Lipinski definition) is 3. The van der Waals surface area contributed by atoms with Gasteiger partial charge in [0.1, 0.15) is 5.82 Å². The molecule has 0 atom stereocenters. The minimum Gasteiger partial charge on any atom is -0.385 e. The zero-order valence-electron chi connectivity index (χ0n) is 19.0. The third-order valence-electron chi connectivity index (χ3n) is 6.35. The van der Waals surface area contributed by atoms with Crippen molar-refractivity contribution in [3.63, 3.8) is 0 Å². The van der Waals surface area contributed by atoms with Crippen molar-refractivity contribution < 1.29 is 18.9 Å². The zero-order valence-corrected chi connectivity index (χ0v) is 19.9. The van der Waals surface area contributed by atoms with E-state index >= 15 is 4.57 Å². The van der Waals surface area contributed by atoms with E-state index in [-0.39, 0.29) is 16.7 Å². The van der Waals surface area contributed by atoms with Crippen molar-refractivity contribution in [3.8, 4) is 0 Å². The van der Waals surface area contributed by atoms with E-state index in [9.17, 15) is 14.3 Å². The van der Waals surface area contributed by atoms with E-state index in [1.165, 1.54) is 24.3 Å². The highest BCUT2D eigenvalue weighted by atomic mass is 31.2. The summed E-state index contributed by atoms with van der Waals surface area (Å²) in [5.74, 6) is -0.805. The first-order chi connectivity index (χ1) is 16.9. The summed E-state index contributed by atoms with van der Waals surface area (Å²) in [5, 5.41) is 12.9. The second kappa shape index (κ2) is 9.22. The molecule has 1 aliphatic carbocycles. The molecule has 174 valence electrons.